The summed E-state index contributed by atoms with van der Waals surface area (Å²) in [4.78, 5) is 10.5. The van der Waals surface area contributed by atoms with Crippen LogP contribution in [0.25, 0.3) is 0 Å². The molecule has 0 aliphatic carbocycles. The SMILES string of the molecule is CC(=O)C#Cc1ccc(Cl)cc1F. The van der Waals surface area contributed by atoms with Gasteiger partial charge in [-0.1, -0.05) is 17.5 Å². The molecule has 0 N–H and O–H groups in total. The minimum Gasteiger partial charge on any atom is -0.285 e. The molecule has 0 saturated carbocycles. The van der Waals surface area contributed by atoms with Crippen LogP contribution in [0, 0.1) is 17.7 Å². The Balaban J connectivity index is 3.05. The van der Waals surface area contributed by atoms with Crippen molar-refractivity contribution in [3.63, 3.8) is 0 Å². The summed E-state index contributed by atoms with van der Waals surface area (Å²) in [5.41, 5.74) is 0.180. The number of carbonyl (C=O) groups excluding carboxylic acids is 1. The molecule has 0 unspecified atom stereocenters. The molecule has 0 aliphatic rings. The van der Waals surface area contributed by atoms with Crippen molar-refractivity contribution in [2.75, 3.05) is 0 Å². The first kappa shape index (κ1) is 9.76. The molecule has 0 atom stereocenters. The summed E-state index contributed by atoms with van der Waals surface area (Å²) in [6.45, 7) is 1.32. The highest BCUT2D eigenvalue weighted by Gasteiger charge is 1.98. The maximum atomic E-state index is 13.0. The first-order valence-electron chi connectivity index (χ1n) is 3.57. The van der Waals surface area contributed by atoms with Crippen molar-refractivity contribution < 1.29 is 9.18 Å². The van der Waals surface area contributed by atoms with Crippen LogP contribution in [0.2, 0.25) is 5.02 Å². The van der Waals surface area contributed by atoms with Gasteiger partial charge in [-0.15, -0.1) is 0 Å². The Morgan fingerprint density at radius 3 is 2.77 bits per heavy atom. The first-order chi connectivity index (χ1) is 6.09. The van der Waals surface area contributed by atoms with Crippen LogP contribution in [0.1, 0.15) is 12.5 Å². The van der Waals surface area contributed by atoms with Gasteiger partial charge in [-0.3, -0.25) is 4.79 Å². The van der Waals surface area contributed by atoms with Gasteiger partial charge in [0.1, 0.15) is 5.82 Å². The second-order valence-corrected chi connectivity index (χ2v) is 2.87. The van der Waals surface area contributed by atoms with Crippen LogP contribution in [0.5, 0.6) is 0 Å². The summed E-state index contributed by atoms with van der Waals surface area (Å²) in [7, 11) is 0. The van der Waals surface area contributed by atoms with Crippen LogP contribution in [0.4, 0.5) is 4.39 Å². The number of carbonyl (C=O) groups is 1. The van der Waals surface area contributed by atoms with E-state index in [1.807, 2.05) is 0 Å². The lowest BCUT2D eigenvalue weighted by Gasteiger charge is -1.93. The Kier molecular flexibility index (Phi) is 3.05. The molecule has 0 radical (unpaired) electrons. The fourth-order valence-electron chi connectivity index (χ4n) is 0.746. The Bertz CT molecular complexity index is 401. The van der Waals surface area contributed by atoms with E-state index in [4.69, 9.17) is 11.6 Å². The smallest absolute Gasteiger partial charge is 0.202 e. The van der Waals surface area contributed by atoms with Crippen molar-refractivity contribution in [1.82, 2.24) is 0 Å². The van der Waals surface area contributed by atoms with E-state index >= 15 is 0 Å². The van der Waals surface area contributed by atoms with Gasteiger partial charge in [-0.2, -0.15) is 0 Å². The molecule has 3 heteroatoms. The Morgan fingerprint density at radius 1 is 1.54 bits per heavy atom. The molecule has 1 aromatic rings. The predicted molar refractivity (Wildman–Crippen MR) is 49.0 cm³/mol. The number of hydrogen-bond donors (Lipinski definition) is 0. The molecule has 0 saturated heterocycles. The normalized spacial score (nSPS) is 8.85. The minimum atomic E-state index is -0.513. The van der Waals surface area contributed by atoms with Gasteiger partial charge in [0.15, 0.2) is 0 Å². The maximum Gasteiger partial charge on any atom is 0.202 e. The summed E-state index contributed by atoms with van der Waals surface area (Å²) in [6.07, 6.45) is 0. The van der Waals surface area contributed by atoms with E-state index in [-0.39, 0.29) is 11.3 Å². The number of halogens is 2. The fraction of sp³-hybridized carbons (Fsp3) is 0.100. The zero-order valence-corrected chi connectivity index (χ0v) is 7.65. The van der Waals surface area contributed by atoms with Crippen molar-refractivity contribution in [1.29, 1.82) is 0 Å². The maximum absolute atomic E-state index is 13.0. The van der Waals surface area contributed by atoms with Crippen LogP contribution in [-0.4, -0.2) is 5.78 Å². The van der Waals surface area contributed by atoms with Crippen molar-refractivity contribution in [3.8, 4) is 11.8 Å². The van der Waals surface area contributed by atoms with Crippen molar-refractivity contribution in [2.45, 2.75) is 6.92 Å². The number of ketones is 1. The highest BCUT2D eigenvalue weighted by Crippen LogP contribution is 2.13. The van der Waals surface area contributed by atoms with E-state index in [0.717, 1.165) is 6.07 Å². The molecule has 13 heavy (non-hydrogen) atoms. The summed E-state index contributed by atoms with van der Waals surface area (Å²) >= 11 is 5.52. The fourth-order valence-corrected chi connectivity index (χ4v) is 0.905. The molecule has 0 fully saturated rings. The second kappa shape index (κ2) is 4.06. The molecule has 0 aromatic heterocycles. The van der Waals surface area contributed by atoms with Gasteiger partial charge >= 0.3 is 0 Å². The topological polar surface area (TPSA) is 17.1 Å². The molecule has 0 bridgehead atoms. The van der Waals surface area contributed by atoms with Crippen molar-refractivity contribution in [2.24, 2.45) is 0 Å². The second-order valence-electron chi connectivity index (χ2n) is 2.43. The molecule has 0 amide bonds. The van der Waals surface area contributed by atoms with Gasteiger partial charge in [0.05, 0.1) is 5.56 Å². The minimum absolute atomic E-state index is 0.180. The van der Waals surface area contributed by atoms with E-state index in [9.17, 15) is 9.18 Å². The van der Waals surface area contributed by atoms with Gasteiger partial charge in [0.2, 0.25) is 5.78 Å². The third-order valence-electron chi connectivity index (χ3n) is 1.30. The van der Waals surface area contributed by atoms with E-state index in [0.29, 0.717) is 5.02 Å². The van der Waals surface area contributed by atoms with Crippen LogP contribution < -0.4 is 0 Å². The monoisotopic (exact) mass is 196 g/mol. The molecule has 1 aromatic carbocycles. The van der Waals surface area contributed by atoms with Gasteiger partial charge < -0.3 is 0 Å². The lowest BCUT2D eigenvalue weighted by Crippen LogP contribution is -1.85. The van der Waals surface area contributed by atoms with Crippen LogP contribution in [0.15, 0.2) is 18.2 Å². The van der Waals surface area contributed by atoms with Crippen LogP contribution >= 0.6 is 11.6 Å². The summed E-state index contributed by atoms with van der Waals surface area (Å²) < 4.78 is 13.0. The molecular weight excluding hydrogens is 191 g/mol. The Labute approximate surface area is 80.5 Å². The average Bonchev–Trinajstić information content (AvgIpc) is 2.02. The number of rotatable bonds is 0. The Morgan fingerprint density at radius 2 is 2.23 bits per heavy atom. The van der Waals surface area contributed by atoms with Crippen LogP contribution in [0.3, 0.4) is 0 Å². The number of benzene rings is 1. The third kappa shape index (κ3) is 2.89. The largest absolute Gasteiger partial charge is 0.285 e. The van der Waals surface area contributed by atoms with E-state index in [2.05, 4.69) is 11.8 Å². The molecule has 66 valence electrons. The van der Waals surface area contributed by atoms with Crippen LogP contribution in [-0.2, 0) is 4.79 Å². The van der Waals surface area contributed by atoms with Gasteiger partial charge in [0.25, 0.3) is 0 Å². The Hall–Kier alpha value is -1.33. The number of Topliss-reactive ketones (excluding diaryl/α,β-unsaturated/α-hetero) is 1. The molecule has 1 rings (SSSR count). The van der Waals surface area contributed by atoms with E-state index < -0.39 is 5.82 Å². The summed E-state index contributed by atoms with van der Waals surface area (Å²) in [5, 5.41) is 0.311. The lowest BCUT2D eigenvalue weighted by atomic mass is 10.2. The standard InChI is InChI=1S/C10H6ClFO/c1-7(13)2-3-8-4-5-9(11)6-10(8)12/h4-6H,1H3. The van der Waals surface area contributed by atoms with Gasteiger partial charge in [-0.25, -0.2) is 4.39 Å². The summed E-state index contributed by atoms with van der Waals surface area (Å²) in [6, 6.07) is 4.12. The zero-order valence-electron chi connectivity index (χ0n) is 6.90. The first-order valence-corrected chi connectivity index (χ1v) is 3.95. The van der Waals surface area contributed by atoms with E-state index in [1.165, 1.54) is 19.1 Å². The zero-order chi connectivity index (χ0) is 9.84. The van der Waals surface area contributed by atoms with Crippen molar-refractivity contribution in [3.05, 3.63) is 34.6 Å². The molecule has 0 aliphatic heterocycles. The average molecular weight is 197 g/mol. The molecule has 0 heterocycles. The lowest BCUT2D eigenvalue weighted by molar-refractivity contribution is -0.111. The molecule has 1 nitrogen and oxygen atoms in total. The van der Waals surface area contributed by atoms with Gasteiger partial charge in [-0.05, 0) is 24.1 Å². The summed E-state index contributed by atoms with van der Waals surface area (Å²) in [5.74, 6) is 3.85. The van der Waals surface area contributed by atoms with Gasteiger partial charge in [0, 0.05) is 11.9 Å². The predicted octanol–water partition coefficient (Wildman–Crippen LogP) is 2.42. The highest BCUT2D eigenvalue weighted by molar-refractivity contribution is 6.30. The third-order valence-corrected chi connectivity index (χ3v) is 1.54. The molecular formula is C10H6ClFO. The number of hydrogen-bond acceptors (Lipinski definition) is 1. The highest BCUT2D eigenvalue weighted by atomic mass is 35.5. The van der Waals surface area contributed by atoms with E-state index in [1.54, 1.807) is 0 Å². The molecule has 0 spiro atoms. The quantitative estimate of drug-likeness (QED) is 0.583. The van der Waals surface area contributed by atoms with Crippen molar-refractivity contribution >= 4 is 17.4 Å².